The van der Waals surface area contributed by atoms with Crippen molar-refractivity contribution in [2.45, 2.75) is 45.6 Å². The van der Waals surface area contributed by atoms with E-state index in [2.05, 4.69) is 16.4 Å². The lowest BCUT2D eigenvalue weighted by Crippen LogP contribution is -2.42. The number of para-hydroxylation sites is 1. The second-order valence-electron chi connectivity index (χ2n) is 8.56. The van der Waals surface area contributed by atoms with Crippen LogP contribution in [0.3, 0.4) is 0 Å². The zero-order valence-corrected chi connectivity index (χ0v) is 18.8. The van der Waals surface area contributed by atoms with Crippen LogP contribution in [-0.4, -0.2) is 47.5 Å². The van der Waals surface area contributed by atoms with Gasteiger partial charge in [0.1, 0.15) is 0 Å². The highest BCUT2D eigenvalue weighted by molar-refractivity contribution is 5.95. The molecule has 4 rings (SSSR count). The van der Waals surface area contributed by atoms with Gasteiger partial charge in [0.05, 0.1) is 12.6 Å². The van der Waals surface area contributed by atoms with Gasteiger partial charge in [-0.3, -0.25) is 9.59 Å². The fraction of sp³-hybridized carbons (Fsp3) is 0.385. The molecule has 0 saturated carbocycles. The lowest BCUT2D eigenvalue weighted by Gasteiger charge is -2.25. The number of benzene rings is 2. The van der Waals surface area contributed by atoms with Crippen LogP contribution in [-0.2, 0) is 20.7 Å². The Hall–Kier alpha value is -3.12. The van der Waals surface area contributed by atoms with E-state index in [-0.39, 0.29) is 24.5 Å². The Bertz CT molecular complexity index is 1100. The van der Waals surface area contributed by atoms with Crippen LogP contribution in [0.4, 0.5) is 5.69 Å². The smallest absolute Gasteiger partial charge is 0.244 e. The Morgan fingerprint density at radius 2 is 2.00 bits per heavy atom. The summed E-state index contributed by atoms with van der Waals surface area (Å²) in [5.41, 5.74) is 5.13. The topological polar surface area (TPSA) is 74.4 Å². The minimum absolute atomic E-state index is 0.000504. The van der Waals surface area contributed by atoms with Crippen LogP contribution in [0.2, 0.25) is 0 Å². The molecule has 1 aliphatic rings. The van der Waals surface area contributed by atoms with E-state index in [4.69, 9.17) is 4.74 Å². The van der Waals surface area contributed by atoms with Crippen LogP contribution in [0.25, 0.3) is 10.9 Å². The maximum Gasteiger partial charge on any atom is 0.244 e. The Morgan fingerprint density at radius 3 is 2.81 bits per heavy atom. The van der Waals surface area contributed by atoms with Crippen LogP contribution in [0, 0.1) is 13.8 Å². The number of carbonyl (C=O) groups is 2. The van der Waals surface area contributed by atoms with Crippen LogP contribution in [0.15, 0.2) is 48.7 Å². The number of nitrogens with zero attached hydrogens (tertiary/aromatic N) is 1. The zero-order valence-electron chi connectivity index (χ0n) is 18.8. The van der Waals surface area contributed by atoms with Crippen LogP contribution in [0.1, 0.15) is 36.0 Å². The predicted molar refractivity (Wildman–Crippen MR) is 127 cm³/mol. The van der Waals surface area contributed by atoms with Crippen molar-refractivity contribution >= 4 is 28.4 Å². The van der Waals surface area contributed by atoms with Crippen molar-refractivity contribution in [3.63, 3.8) is 0 Å². The van der Waals surface area contributed by atoms with Crippen molar-refractivity contribution in [1.29, 1.82) is 0 Å². The Labute approximate surface area is 188 Å². The number of hydrogen-bond donors (Lipinski definition) is 2. The number of aromatic amines is 1. The van der Waals surface area contributed by atoms with Crippen LogP contribution >= 0.6 is 0 Å². The van der Waals surface area contributed by atoms with Gasteiger partial charge in [0, 0.05) is 42.4 Å². The molecule has 0 spiro atoms. The first-order valence-corrected chi connectivity index (χ1v) is 11.3. The Balaban J connectivity index is 1.42. The summed E-state index contributed by atoms with van der Waals surface area (Å²) in [7, 11) is 0. The van der Waals surface area contributed by atoms with Crippen LogP contribution in [0.5, 0.6) is 0 Å². The SMILES string of the molecule is Cc1cccc(NC(=O)CN(CC2CCCO2)C(=O)CCc2c[nH]c3ccccc23)c1C. The molecular formula is C26H31N3O3. The molecule has 2 N–H and O–H groups in total. The van der Waals surface area contributed by atoms with Crippen molar-refractivity contribution in [2.75, 3.05) is 25.0 Å². The molecule has 2 amide bonds. The lowest BCUT2D eigenvalue weighted by molar-refractivity contribution is -0.136. The summed E-state index contributed by atoms with van der Waals surface area (Å²) < 4.78 is 5.75. The highest BCUT2D eigenvalue weighted by Gasteiger charge is 2.24. The van der Waals surface area contributed by atoms with Gasteiger partial charge < -0.3 is 19.9 Å². The number of anilines is 1. The fourth-order valence-electron chi connectivity index (χ4n) is 4.28. The van der Waals surface area contributed by atoms with E-state index in [0.717, 1.165) is 52.7 Å². The number of H-pyrrole nitrogens is 1. The molecule has 1 atom stereocenters. The molecule has 0 radical (unpaired) electrons. The summed E-state index contributed by atoms with van der Waals surface area (Å²) in [5, 5.41) is 4.11. The minimum Gasteiger partial charge on any atom is -0.376 e. The fourth-order valence-corrected chi connectivity index (χ4v) is 4.28. The molecule has 168 valence electrons. The maximum atomic E-state index is 13.2. The number of amides is 2. The lowest BCUT2D eigenvalue weighted by atomic mass is 10.1. The second kappa shape index (κ2) is 10.0. The Kier molecular flexibility index (Phi) is 6.90. The third-order valence-corrected chi connectivity index (χ3v) is 6.30. The average Bonchev–Trinajstić information content (AvgIpc) is 3.44. The molecule has 1 unspecified atom stereocenters. The monoisotopic (exact) mass is 433 g/mol. The first-order valence-electron chi connectivity index (χ1n) is 11.3. The summed E-state index contributed by atoms with van der Waals surface area (Å²) in [4.78, 5) is 30.9. The molecule has 1 aliphatic heterocycles. The highest BCUT2D eigenvalue weighted by atomic mass is 16.5. The summed E-state index contributed by atoms with van der Waals surface area (Å²) in [6.07, 6.45) is 4.87. The molecule has 3 aromatic rings. The summed E-state index contributed by atoms with van der Waals surface area (Å²) in [6, 6.07) is 13.9. The first-order chi connectivity index (χ1) is 15.5. The van der Waals surface area contributed by atoms with Gasteiger partial charge in [0.15, 0.2) is 0 Å². The quantitative estimate of drug-likeness (QED) is 0.554. The van der Waals surface area contributed by atoms with Gasteiger partial charge in [-0.1, -0.05) is 30.3 Å². The van der Waals surface area contributed by atoms with Gasteiger partial charge in [-0.2, -0.15) is 0 Å². The van der Waals surface area contributed by atoms with Gasteiger partial charge >= 0.3 is 0 Å². The van der Waals surface area contributed by atoms with Gasteiger partial charge in [-0.05, 0) is 61.9 Å². The van der Waals surface area contributed by atoms with E-state index >= 15 is 0 Å². The second-order valence-corrected chi connectivity index (χ2v) is 8.56. The molecule has 2 heterocycles. The van der Waals surface area contributed by atoms with E-state index in [1.807, 2.05) is 56.4 Å². The van der Waals surface area contributed by atoms with Crippen molar-refractivity contribution in [2.24, 2.45) is 0 Å². The third-order valence-electron chi connectivity index (χ3n) is 6.30. The van der Waals surface area contributed by atoms with E-state index in [1.54, 1.807) is 4.90 Å². The van der Waals surface area contributed by atoms with E-state index < -0.39 is 0 Å². The number of aromatic nitrogens is 1. The largest absolute Gasteiger partial charge is 0.376 e. The average molecular weight is 434 g/mol. The number of rotatable bonds is 8. The van der Waals surface area contributed by atoms with Gasteiger partial charge in [0.2, 0.25) is 11.8 Å². The standard InChI is InChI=1S/C26H31N3O3/c1-18-7-5-11-23(19(18)2)28-25(30)17-29(16-21-8-6-14-32-21)26(31)13-12-20-15-27-24-10-4-3-9-22(20)24/h3-5,7,9-11,15,21,27H,6,8,12-14,16-17H2,1-2H3,(H,28,30). The van der Waals surface area contributed by atoms with Crippen molar-refractivity contribution < 1.29 is 14.3 Å². The van der Waals surface area contributed by atoms with Crippen molar-refractivity contribution in [3.8, 4) is 0 Å². The normalized spacial score (nSPS) is 15.8. The highest BCUT2D eigenvalue weighted by Crippen LogP contribution is 2.21. The van der Waals surface area contributed by atoms with Crippen molar-refractivity contribution in [1.82, 2.24) is 9.88 Å². The number of hydrogen-bond acceptors (Lipinski definition) is 3. The Morgan fingerprint density at radius 1 is 1.16 bits per heavy atom. The predicted octanol–water partition coefficient (Wildman–Crippen LogP) is 4.36. The third kappa shape index (κ3) is 5.19. The molecule has 0 bridgehead atoms. The molecule has 6 heteroatoms. The molecule has 0 aliphatic carbocycles. The summed E-state index contributed by atoms with van der Waals surface area (Å²) in [6.45, 7) is 5.20. The molecule has 2 aromatic carbocycles. The number of aryl methyl sites for hydroxylation is 2. The molecule has 32 heavy (non-hydrogen) atoms. The summed E-state index contributed by atoms with van der Waals surface area (Å²) >= 11 is 0. The molecule has 1 aromatic heterocycles. The summed E-state index contributed by atoms with van der Waals surface area (Å²) in [5.74, 6) is -0.209. The van der Waals surface area contributed by atoms with Gasteiger partial charge in [0.25, 0.3) is 0 Å². The molecule has 1 saturated heterocycles. The minimum atomic E-state index is -0.183. The van der Waals surface area contributed by atoms with E-state index in [9.17, 15) is 9.59 Å². The molecule has 1 fully saturated rings. The number of ether oxygens (including phenoxy) is 1. The first kappa shape index (κ1) is 22.1. The zero-order chi connectivity index (χ0) is 22.5. The van der Waals surface area contributed by atoms with Gasteiger partial charge in [-0.25, -0.2) is 0 Å². The van der Waals surface area contributed by atoms with Gasteiger partial charge in [-0.15, -0.1) is 0 Å². The number of fused-ring (bicyclic) bond motifs is 1. The van der Waals surface area contributed by atoms with E-state index in [0.29, 0.717) is 19.4 Å². The molecular weight excluding hydrogens is 402 g/mol. The number of carbonyl (C=O) groups excluding carboxylic acids is 2. The van der Waals surface area contributed by atoms with E-state index in [1.165, 1.54) is 0 Å². The number of nitrogens with one attached hydrogen (secondary N) is 2. The van der Waals surface area contributed by atoms with Crippen LogP contribution < -0.4 is 5.32 Å². The van der Waals surface area contributed by atoms with Crippen molar-refractivity contribution in [3.05, 3.63) is 65.4 Å². The molecule has 6 nitrogen and oxygen atoms in total. The maximum absolute atomic E-state index is 13.2.